The summed E-state index contributed by atoms with van der Waals surface area (Å²) < 4.78 is 22.4. The zero-order valence-corrected chi connectivity index (χ0v) is 40.2. The summed E-state index contributed by atoms with van der Waals surface area (Å²) in [4.78, 5) is 40.1. The minimum atomic E-state index is -0.328. The Bertz CT molecular complexity index is 2320. The number of hydrogen-bond acceptors (Lipinski definition) is 10. The van der Waals surface area contributed by atoms with Crippen LogP contribution in [0.4, 0.5) is 0 Å². The van der Waals surface area contributed by atoms with Crippen molar-refractivity contribution in [2.45, 2.75) is 37.8 Å². The van der Waals surface area contributed by atoms with Gasteiger partial charge in [0.2, 0.25) is 11.8 Å². The van der Waals surface area contributed by atoms with Crippen LogP contribution in [0.25, 0.3) is 0 Å². The number of benzene rings is 4. The van der Waals surface area contributed by atoms with Crippen LogP contribution in [-0.4, -0.2) is 98.3 Å². The minimum Gasteiger partial charge on any atom is -0.497 e. The van der Waals surface area contributed by atoms with Crippen molar-refractivity contribution in [1.29, 1.82) is 0 Å². The van der Waals surface area contributed by atoms with Gasteiger partial charge in [0.1, 0.15) is 36.2 Å². The molecule has 2 fully saturated rings. The quantitative estimate of drug-likeness (QED) is 0.0861. The Morgan fingerprint density at radius 2 is 0.956 bits per heavy atom. The molecule has 2 aliphatic heterocycles. The molecule has 4 heterocycles. The van der Waals surface area contributed by atoms with Crippen molar-refractivity contribution in [3.8, 4) is 23.0 Å². The number of rotatable bonds is 18. The monoisotopic (exact) mass is 958 g/mol. The molecule has 356 valence electrons. The topological polar surface area (TPSA) is 127 Å². The Hall–Kier alpha value is -6.18. The van der Waals surface area contributed by atoms with Crippen LogP contribution >= 0.6 is 23.2 Å². The summed E-state index contributed by atoms with van der Waals surface area (Å²) in [6.07, 6.45) is 6.74. The number of methoxy groups -OCH3 is 2. The van der Waals surface area contributed by atoms with Crippen molar-refractivity contribution in [3.05, 3.63) is 178 Å². The molecule has 6 aromatic rings. The zero-order valence-electron chi connectivity index (χ0n) is 38.6. The van der Waals surface area contributed by atoms with Gasteiger partial charge in [0.15, 0.2) is 0 Å². The Labute approximate surface area is 409 Å². The van der Waals surface area contributed by atoms with E-state index in [2.05, 4.69) is 30.4 Å². The molecule has 2 aromatic heterocycles. The Kier molecular flexibility index (Phi) is 18.9. The summed E-state index contributed by atoms with van der Waals surface area (Å²) in [6, 6.07) is 41.4. The summed E-state index contributed by atoms with van der Waals surface area (Å²) in [6.45, 7) is 6.18. The molecular weight excluding hydrogens is 900 g/mol. The van der Waals surface area contributed by atoms with Gasteiger partial charge in [0.25, 0.3) is 0 Å². The number of aromatic nitrogens is 2. The van der Waals surface area contributed by atoms with E-state index in [-0.39, 0.29) is 35.7 Å². The lowest BCUT2D eigenvalue weighted by molar-refractivity contribution is -0.127. The number of piperidine rings is 2. The lowest BCUT2D eigenvalue weighted by atomic mass is 9.94. The van der Waals surface area contributed by atoms with Crippen molar-refractivity contribution in [3.63, 3.8) is 0 Å². The van der Waals surface area contributed by atoms with E-state index in [9.17, 15) is 9.59 Å². The second-order valence-electron chi connectivity index (χ2n) is 16.7. The first-order valence-corrected chi connectivity index (χ1v) is 23.9. The highest BCUT2D eigenvalue weighted by Crippen LogP contribution is 2.29. The fraction of sp³-hybridized carbons (Fsp3) is 0.333. The average Bonchev–Trinajstić information content (AvgIpc) is 3.39. The predicted molar refractivity (Wildman–Crippen MR) is 267 cm³/mol. The number of ether oxygens (including phenoxy) is 4. The predicted octanol–water partition coefficient (Wildman–Crippen LogP) is 9.48. The molecule has 14 heteroatoms. The summed E-state index contributed by atoms with van der Waals surface area (Å²) in [5, 5.41) is 7.73. The van der Waals surface area contributed by atoms with Gasteiger partial charge in [-0.3, -0.25) is 29.4 Å². The number of nitrogens with zero attached hydrogens (tertiary/aromatic N) is 4. The summed E-state index contributed by atoms with van der Waals surface area (Å²) in [5.74, 6) is 2.97. The highest BCUT2D eigenvalue weighted by atomic mass is 35.5. The average molecular weight is 960 g/mol. The summed E-state index contributed by atoms with van der Waals surface area (Å²) >= 11 is 12.3. The third kappa shape index (κ3) is 14.4. The molecule has 0 aliphatic carbocycles. The molecular formula is C54H60Cl2N6O6. The standard InChI is InChI=1S/2C27H30ClN3O3/c2*1-33-22-8-6-7-21(19-22)26(24-10-4-5-14-29-24)30-27(32)20-12-15-31(16-13-20)17-18-34-25-11-3-2-9-23(25)28/h2*2-11,14,19-20,26H,12-13,15-18H2,1H3,(H,30,32). The number of likely N-dealkylation sites (tertiary alicyclic amines) is 2. The molecule has 0 radical (unpaired) electrons. The number of amides is 2. The van der Waals surface area contributed by atoms with Crippen LogP contribution < -0.4 is 29.6 Å². The van der Waals surface area contributed by atoms with E-state index in [1.54, 1.807) is 26.6 Å². The van der Waals surface area contributed by atoms with E-state index in [0.717, 1.165) is 99.0 Å². The van der Waals surface area contributed by atoms with E-state index in [4.69, 9.17) is 42.1 Å². The highest BCUT2D eigenvalue weighted by molar-refractivity contribution is 6.32. The number of carbonyl (C=O) groups excluding carboxylic acids is 2. The summed E-state index contributed by atoms with van der Waals surface area (Å²) in [5.41, 5.74) is 3.50. The number of carbonyl (C=O) groups is 2. The second-order valence-corrected chi connectivity index (χ2v) is 17.5. The van der Waals surface area contributed by atoms with E-state index in [1.807, 2.05) is 133 Å². The van der Waals surface area contributed by atoms with Crippen LogP contribution in [0.2, 0.25) is 10.0 Å². The van der Waals surface area contributed by atoms with E-state index >= 15 is 0 Å². The molecule has 2 aliphatic rings. The van der Waals surface area contributed by atoms with E-state index in [1.165, 1.54) is 0 Å². The minimum absolute atomic E-state index is 0.0300. The maximum Gasteiger partial charge on any atom is 0.224 e. The van der Waals surface area contributed by atoms with Gasteiger partial charge >= 0.3 is 0 Å². The van der Waals surface area contributed by atoms with Crippen molar-refractivity contribution in [2.75, 3.05) is 66.7 Å². The Morgan fingerprint density at radius 3 is 1.32 bits per heavy atom. The Morgan fingerprint density at radius 1 is 0.559 bits per heavy atom. The molecule has 2 unspecified atom stereocenters. The fourth-order valence-corrected chi connectivity index (χ4v) is 8.82. The van der Waals surface area contributed by atoms with Crippen LogP contribution in [0, 0.1) is 11.8 Å². The third-order valence-corrected chi connectivity index (χ3v) is 12.9. The highest BCUT2D eigenvalue weighted by Gasteiger charge is 2.30. The van der Waals surface area contributed by atoms with Crippen molar-refractivity contribution in [1.82, 2.24) is 30.4 Å². The SMILES string of the molecule is COc1cccc(C(NC(=O)C2CCN(CCOc3ccccc3Cl)CC2)c2ccccn2)c1.COc1cccc(C(NC(=O)C2CCN(CCOc3ccccc3Cl)CC2)c2ccccn2)c1. The molecule has 2 saturated heterocycles. The number of halogens is 2. The first kappa shape index (κ1) is 49.7. The van der Waals surface area contributed by atoms with E-state index < -0.39 is 0 Å². The Balaban J connectivity index is 0.000000201. The van der Waals surface area contributed by atoms with Gasteiger partial charge in [0, 0.05) is 37.3 Å². The van der Waals surface area contributed by atoms with Crippen LogP contribution in [0.15, 0.2) is 146 Å². The molecule has 2 atom stereocenters. The molecule has 0 bridgehead atoms. The van der Waals surface area contributed by atoms with Crippen LogP contribution in [0.3, 0.4) is 0 Å². The maximum atomic E-state index is 13.2. The van der Waals surface area contributed by atoms with Gasteiger partial charge in [-0.1, -0.05) is 83.9 Å². The first-order chi connectivity index (χ1) is 33.3. The molecule has 2 amide bonds. The molecule has 68 heavy (non-hydrogen) atoms. The molecule has 4 aromatic carbocycles. The van der Waals surface area contributed by atoms with Gasteiger partial charge in [-0.25, -0.2) is 0 Å². The van der Waals surface area contributed by atoms with Gasteiger partial charge in [-0.2, -0.15) is 0 Å². The largest absolute Gasteiger partial charge is 0.497 e. The van der Waals surface area contributed by atoms with Gasteiger partial charge in [-0.15, -0.1) is 0 Å². The second kappa shape index (κ2) is 25.8. The number of pyridine rings is 2. The van der Waals surface area contributed by atoms with Crippen molar-refractivity contribution >= 4 is 35.0 Å². The lowest BCUT2D eigenvalue weighted by Gasteiger charge is -2.32. The summed E-state index contributed by atoms with van der Waals surface area (Å²) in [7, 11) is 3.28. The van der Waals surface area contributed by atoms with Gasteiger partial charge in [-0.05, 0) is 136 Å². The zero-order chi connectivity index (χ0) is 47.5. The molecule has 8 rings (SSSR count). The first-order valence-electron chi connectivity index (χ1n) is 23.2. The fourth-order valence-electron chi connectivity index (χ4n) is 8.44. The maximum absolute atomic E-state index is 13.2. The van der Waals surface area contributed by atoms with Gasteiger partial charge in [0.05, 0.1) is 47.7 Å². The molecule has 12 nitrogen and oxygen atoms in total. The van der Waals surface area contributed by atoms with E-state index in [0.29, 0.717) is 34.8 Å². The lowest BCUT2D eigenvalue weighted by Crippen LogP contribution is -2.43. The van der Waals surface area contributed by atoms with Crippen LogP contribution in [-0.2, 0) is 9.59 Å². The number of hydrogen-bond donors (Lipinski definition) is 2. The van der Waals surface area contributed by atoms with Crippen LogP contribution in [0.5, 0.6) is 23.0 Å². The van der Waals surface area contributed by atoms with Gasteiger partial charge < -0.3 is 29.6 Å². The molecule has 2 N–H and O–H groups in total. The smallest absolute Gasteiger partial charge is 0.224 e. The number of para-hydroxylation sites is 2. The van der Waals surface area contributed by atoms with Crippen LogP contribution in [0.1, 0.15) is 60.3 Å². The molecule has 0 spiro atoms. The van der Waals surface area contributed by atoms with Crippen molar-refractivity contribution < 1.29 is 28.5 Å². The number of nitrogens with one attached hydrogen (secondary N) is 2. The molecule has 0 saturated carbocycles. The van der Waals surface area contributed by atoms with Crippen molar-refractivity contribution in [2.24, 2.45) is 11.8 Å². The third-order valence-electron chi connectivity index (χ3n) is 12.3. The normalized spacial score (nSPS) is 15.5.